The van der Waals surface area contributed by atoms with Gasteiger partial charge in [0.2, 0.25) is 11.8 Å². The molecule has 2 heterocycles. The monoisotopic (exact) mass is 450 g/mol. The van der Waals surface area contributed by atoms with E-state index in [2.05, 4.69) is 10.6 Å². The van der Waals surface area contributed by atoms with Gasteiger partial charge in [-0.1, -0.05) is 51.4 Å². The second-order valence-electron chi connectivity index (χ2n) is 9.00. The van der Waals surface area contributed by atoms with E-state index < -0.39 is 0 Å². The minimum Gasteiger partial charge on any atom is -0.338 e. The van der Waals surface area contributed by atoms with Gasteiger partial charge in [0.1, 0.15) is 0 Å². The fraction of sp³-hybridized carbons (Fsp3) is 0.833. The molecule has 2 aliphatic rings. The van der Waals surface area contributed by atoms with Crippen molar-refractivity contribution >= 4 is 23.9 Å². The van der Waals surface area contributed by atoms with E-state index in [1.165, 1.54) is 22.6 Å². The van der Waals surface area contributed by atoms with E-state index in [9.17, 15) is 19.2 Å². The summed E-state index contributed by atoms with van der Waals surface area (Å²) in [5.41, 5.74) is 0. The van der Waals surface area contributed by atoms with E-state index >= 15 is 0 Å². The maximum absolute atomic E-state index is 12.1. The molecule has 2 rings (SSSR count). The average Bonchev–Trinajstić information content (AvgIpc) is 3.13. The first-order valence-electron chi connectivity index (χ1n) is 12.8. The SMILES string of the molecule is O=C1CCCCCN1C(=O)NCCCCCCCCCCNC(=O)N1CCCCCC1=O. The summed E-state index contributed by atoms with van der Waals surface area (Å²) in [7, 11) is 0. The molecule has 2 aliphatic heterocycles. The predicted octanol–water partition coefficient (Wildman–Crippen LogP) is 4.33. The molecular weight excluding hydrogens is 408 g/mol. The van der Waals surface area contributed by atoms with E-state index in [1.807, 2.05) is 0 Å². The molecule has 0 unspecified atom stereocenters. The number of amides is 6. The Morgan fingerprint density at radius 3 is 1.34 bits per heavy atom. The maximum Gasteiger partial charge on any atom is 0.324 e. The van der Waals surface area contributed by atoms with Gasteiger partial charge < -0.3 is 10.6 Å². The Morgan fingerprint density at radius 2 is 0.938 bits per heavy atom. The van der Waals surface area contributed by atoms with Gasteiger partial charge in [-0.15, -0.1) is 0 Å². The van der Waals surface area contributed by atoms with Crippen LogP contribution in [0.3, 0.4) is 0 Å². The zero-order valence-corrected chi connectivity index (χ0v) is 19.7. The Bertz CT molecular complexity index is 559. The summed E-state index contributed by atoms with van der Waals surface area (Å²) in [5.74, 6) is -0.0926. The minimum atomic E-state index is -0.232. The van der Waals surface area contributed by atoms with Gasteiger partial charge in [0.05, 0.1) is 0 Å². The van der Waals surface area contributed by atoms with Gasteiger partial charge in [0.15, 0.2) is 0 Å². The van der Waals surface area contributed by atoms with E-state index in [0.29, 0.717) is 39.0 Å². The minimum absolute atomic E-state index is 0.0463. The average molecular weight is 451 g/mol. The van der Waals surface area contributed by atoms with Crippen molar-refractivity contribution in [2.75, 3.05) is 26.2 Å². The van der Waals surface area contributed by atoms with Crippen LogP contribution in [0.5, 0.6) is 0 Å². The molecule has 182 valence electrons. The lowest BCUT2D eigenvalue weighted by molar-refractivity contribution is -0.128. The van der Waals surface area contributed by atoms with Gasteiger partial charge in [0, 0.05) is 39.0 Å². The van der Waals surface area contributed by atoms with Crippen LogP contribution in [0.4, 0.5) is 9.59 Å². The predicted molar refractivity (Wildman–Crippen MR) is 124 cm³/mol. The molecule has 0 saturated carbocycles. The van der Waals surface area contributed by atoms with Crippen molar-refractivity contribution < 1.29 is 19.2 Å². The molecule has 32 heavy (non-hydrogen) atoms. The molecule has 0 aromatic heterocycles. The summed E-state index contributed by atoms with van der Waals surface area (Å²) < 4.78 is 0. The highest BCUT2D eigenvalue weighted by Crippen LogP contribution is 2.13. The zero-order chi connectivity index (χ0) is 23.0. The molecule has 0 bridgehead atoms. The van der Waals surface area contributed by atoms with Crippen LogP contribution in [-0.4, -0.2) is 59.9 Å². The van der Waals surface area contributed by atoms with Crippen molar-refractivity contribution in [3.05, 3.63) is 0 Å². The summed E-state index contributed by atoms with van der Waals surface area (Å²) in [5, 5.41) is 5.76. The second-order valence-corrected chi connectivity index (χ2v) is 9.00. The first-order valence-corrected chi connectivity index (χ1v) is 12.8. The lowest BCUT2D eigenvalue weighted by Crippen LogP contribution is -2.43. The Hall–Kier alpha value is -2.12. The first kappa shape index (κ1) is 26.1. The zero-order valence-electron chi connectivity index (χ0n) is 19.7. The third-order valence-electron chi connectivity index (χ3n) is 6.29. The van der Waals surface area contributed by atoms with Crippen LogP contribution < -0.4 is 10.6 Å². The number of nitrogens with zero attached hydrogens (tertiary/aromatic N) is 2. The third-order valence-corrected chi connectivity index (χ3v) is 6.29. The van der Waals surface area contributed by atoms with Crippen molar-refractivity contribution in [3.8, 4) is 0 Å². The molecule has 2 fully saturated rings. The molecule has 2 saturated heterocycles. The molecule has 6 amide bonds. The van der Waals surface area contributed by atoms with E-state index in [4.69, 9.17) is 0 Å². The normalized spacial score (nSPS) is 17.6. The van der Waals surface area contributed by atoms with E-state index in [-0.39, 0.29) is 23.9 Å². The Balaban J connectivity index is 1.38. The van der Waals surface area contributed by atoms with E-state index in [1.54, 1.807) is 0 Å². The van der Waals surface area contributed by atoms with Gasteiger partial charge in [-0.25, -0.2) is 9.59 Å². The maximum atomic E-state index is 12.1. The largest absolute Gasteiger partial charge is 0.338 e. The standard InChI is InChI=1S/C24H42N4O4/c29-21-15-9-7-13-19-27(21)23(31)25-17-11-5-3-1-2-4-6-12-18-26-24(32)28-20-14-8-10-16-22(28)30/h1-20H2,(H,25,31)(H,26,32). The molecule has 0 spiro atoms. The van der Waals surface area contributed by atoms with Gasteiger partial charge in [0.25, 0.3) is 0 Å². The van der Waals surface area contributed by atoms with Gasteiger partial charge >= 0.3 is 12.1 Å². The van der Waals surface area contributed by atoms with Crippen LogP contribution >= 0.6 is 0 Å². The number of carbonyl (C=O) groups excluding carboxylic acids is 4. The third kappa shape index (κ3) is 10.0. The van der Waals surface area contributed by atoms with Crippen LogP contribution in [0.15, 0.2) is 0 Å². The molecule has 0 aromatic rings. The highest BCUT2D eigenvalue weighted by Gasteiger charge is 2.23. The van der Waals surface area contributed by atoms with Crippen molar-refractivity contribution in [3.63, 3.8) is 0 Å². The van der Waals surface area contributed by atoms with Gasteiger partial charge in [-0.05, 0) is 38.5 Å². The number of rotatable bonds is 11. The van der Waals surface area contributed by atoms with Crippen molar-refractivity contribution in [2.24, 2.45) is 0 Å². The summed E-state index contributed by atoms with van der Waals surface area (Å²) >= 11 is 0. The number of unbranched alkanes of at least 4 members (excludes halogenated alkanes) is 7. The van der Waals surface area contributed by atoms with Crippen LogP contribution in [0.2, 0.25) is 0 Å². The van der Waals surface area contributed by atoms with Crippen LogP contribution in [0.25, 0.3) is 0 Å². The quantitative estimate of drug-likeness (QED) is 0.458. The summed E-state index contributed by atoms with van der Waals surface area (Å²) in [4.78, 5) is 50.9. The Labute approximate surface area is 192 Å². The van der Waals surface area contributed by atoms with Crippen LogP contribution in [-0.2, 0) is 9.59 Å². The van der Waals surface area contributed by atoms with Crippen molar-refractivity contribution in [2.45, 2.75) is 103 Å². The highest BCUT2D eigenvalue weighted by molar-refractivity contribution is 5.95. The number of carbonyl (C=O) groups is 4. The van der Waals surface area contributed by atoms with E-state index in [0.717, 1.165) is 77.0 Å². The lowest BCUT2D eigenvalue weighted by Gasteiger charge is -2.19. The fourth-order valence-electron chi connectivity index (χ4n) is 4.29. The molecule has 2 N–H and O–H groups in total. The number of nitrogens with one attached hydrogen (secondary N) is 2. The number of hydrogen-bond acceptors (Lipinski definition) is 4. The second kappa shape index (κ2) is 15.6. The topological polar surface area (TPSA) is 98.8 Å². The Morgan fingerprint density at radius 1 is 0.562 bits per heavy atom. The molecule has 0 radical (unpaired) electrons. The van der Waals surface area contributed by atoms with Crippen molar-refractivity contribution in [1.29, 1.82) is 0 Å². The molecule has 8 heteroatoms. The number of imide groups is 2. The number of urea groups is 2. The lowest BCUT2D eigenvalue weighted by atomic mass is 10.1. The smallest absolute Gasteiger partial charge is 0.324 e. The van der Waals surface area contributed by atoms with Gasteiger partial charge in [-0.3, -0.25) is 19.4 Å². The summed E-state index contributed by atoms with van der Waals surface area (Å²) in [6, 6.07) is -0.464. The fourth-order valence-corrected chi connectivity index (χ4v) is 4.29. The molecule has 0 aliphatic carbocycles. The number of likely N-dealkylation sites (tertiary alicyclic amines) is 2. The van der Waals surface area contributed by atoms with Gasteiger partial charge in [-0.2, -0.15) is 0 Å². The Kier molecular flexibility index (Phi) is 12.8. The van der Waals surface area contributed by atoms with Crippen LogP contribution in [0, 0.1) is 0 Å². The summed E-state index contributed by atoms with van der Waals surface area (Å²) in [6.45, 7) is 2.35. The van der Waals surface area contributed by atoms with Crippen molar-refractivity contribution in [1.82, 2.24) is 20.4 Å². The molecular formula is C24H42N4O4. The number of hydrogen-bond donors (Lipinski definition) is 2. The molecule has 0 aromatic carbocycles. The molecule has 8 nitrogen and oxygen atoms in total. The molecule has 0 atom stereocenters. The first-order chi connectivity index (χ1) is 15.6. The van der Waals surface area contributed by atoms with Crippen LogP contribution in [0.1, 0.15) is 103 Å². The summed E-state index contributed by atoms with van der Waals surface area (Å²) in [6.07, 6.45) is 15.3. The highest BCUT2D eigenvalue weighted by atomic mass is 16.2.